The van der Waals surface area contributed by atoms with Gasteiger partial charge in [0.1, 0.15) is 17.5 Å². The lowest BCUT2D eigenvalue weighted by atomic mass is 9.70. The Bertz CT molecular complexity index is 1400. The lowest BCUT2D eigenvalue weighted by molar-refractivity contribution is -0.140. The fraction of sp³-hybridized carbons (Fsp3) is 0.667. The van der Waals surface area contributed by atoms with Gasteiger partial charge < -0.3 is 13.9 Å². The van der Waals surface area contributed by atoms with Gasteiger partial charge in [0.2, 0.25) is 0 Å². The number of nitrogens with zero attached hydrogens (tertiary/aromatic N) is 1. The van der Waals surface area contributed by atoms with Crippen molar-refractivity contribution in [2.24, 2.45) is 5.41 Å². The minimum atomic E-state index is -4.78. The third-order valence-corrected chi connectivity index (χ3v) is 15.7. The number of halogens is 5. The molecular weight excluding hydrogens is 689 g/mol. The number of fused-ring (bicyclic) bond motifs is 4. The zero-order valence-electron chi connectivity index (χ0n) is 26.6. The van der Waals surface area contributed by atoms with Crippen LogP contribution in [0.15, 0.2) is 18.2 Å². The van der Waals surface area contributed by atoms with Crippen LogP contribution in [-0.2, 0) is 32.1 Å². The van der Waals surface area contributed by atoms with E-state index < -0.39 is 37.6 Å². The van der Waals surface area contributed by atoms with Gasteiger partial charge in [0.25, 0.3) is 0 Å². The summed E-state index contributed by atoms with van der Waals surface area (Å²) in [4.78, 5) is 5.33. The molecular formula is C33H44F4INO3Si. The second kappa shape index (κ2) is 11.0. The topological polar surface area (TPSA) is 40.6 Å². The van der Waals surface area contributed by atoms with Gasteiger partial charge in [-0.1, -0.05) is 77.1 Å². The fourth-order valence-electron chi connectivity index (χ4n) is 6.69. The van der Waals surface area contributed by atoms with Gasteiger partial charge in [0, 0.05) is 41.1 Å². The van der Waals surface area contributed by atoms with E-state index in [1.165, 1.54) is 6.07 Å². The van der Waals surface area contributed by atoms with Gasteiger partial charge in [-0.25, -0.2) is 4.39 Å². The van der Waals surface area contributed by atoms with E-state index in [1.807, 2.05) is 0 Å². The van der Waals surface area contributed by atoms with Crippen molar-refractivity contribution in [1.29, 1.82) is 0 Å². The molecule has 10 heteroatoms. The van der Waals surface area contributed by atoms with Crippen LogP contribution in [0.1, 0.15) is 119 Å². The van der Waals surface area contributed by atoms with Gasteiger partial charge in [-0.15, -0.1) is 0 Å². The minimum Gasteiger partial charge on any atom is -0.410 e. The standard InChI is InChI=1S/C33H44F4INO3Si/c1-18(2)28-26-27(25-22(39-28)15-31(6,7)16-23(25)42-43(8,9)30(3,4)5)32(12-13-40-17-24(32)38)41-29(26)19-10-11-20(21(34)14-19)33(35,36)37/h10-11,14,18,23-24,29H,12-13,15-17H2,1-9H3/t23-,24?,29-,32?/m0/s1. The van der Waals surface area contributed by atoms with Gasteiger partial charge >= 0.3 is 6.18 Å². The molecule has 0 radical (unpaired) electrons. The van der Waals surface area contributed by atoms with Crippen molar-refractivity contribution in [2.45, 2.75) is 120 Å². The highest BCUT2D eigenvalue weighted by atomic mass is 127. The smallest absolute Gasteiger partial charge is 0.410 e. The molecule has 1 aromatic heterocycles. The lowest BCUT2D eigenvalue weighted by Gasteiger charge is -2.47. The van der Waals surface area contributed by atoms with Crippen molar-refractivity contribution in [3.63, 3.8) is 0 Å². The summed E-state index contributed by atoms with van der Waals surface area (Å²) in [7, 11) is -2.23. The van der Waals surface area contributed by atoms with Crippen molar-refractivity contribution in [3.8, 4) is 0 Å². The molecule has 0 amide bonds. The summed E-state index contributed by atoms with van der Waals surface area (Å²) < 4.78 is 75.7. The van der Waals surface area contributed by atoms with Gasteiger partial charge in [-0.05, 0) is 60.0 Å². The second-order valence-corrected chi connectivity index (χ2v) is 21.4. The Labute approximate surface area is 267 Å². The minimum absolute atomic E-state index is 0.0110. The number of alkyl halides is 4. The van der Waals surface area contributed by atoms with Crippen LogP contribution in [0.2, 0.25) is 18.1 Å². The molecule has 2 aliphatic heterocycles. The van der Waals surface area contributed by atoms with Gasteiger partial charge in [0.15, 0.2) is 8.32 Å². The average molecular weight is 734 g/mol. The first-order valence-electron chi connectivity index (χ1n) is 15.2. The van der Waals surface area contributed by atoms with Gasteiger partial charge in [-0.2, -0.15) is 13.2 Å². The largest absolute Gasteiger partial charge is 0.419 e. The molecule has 2 unspecified atom stereocenters. The predicted octanol–water partition coefficient (Wildman–Crippen LogP) is 9.94. The average Bonchev–Trinajstić information content (AvgIpc) is 3.18. The summed E-state index contributed by atoms with van der Waals surface area (Å²) in [5.41, 5.74) is 3.12. The molecule has 5 rings (SSSR count). The molecule has 4 nitrogen and oxygen atoms in total. The third-order valence-electron chi connectivity index (χ3n) is 9.88. The van der Waals surface area contributed by atoms with Crippen molar-refractivity contribution in [3.05, 3.63) is 63.2 Å². The Morgan fingerprint density at radius 2 is 1.79 bits per heavy atom. The summed E-state index contributed by atoms with van der Waals surface area (Å²) in [6, 6.07) is 3.18. The maximum absolute atomic E-state index is 15.0. The van der Waals surface area contributed by atoms with Crippen molar-refractivity contribution >= 4 is 30.9 Å². The lowest BCUT2D eigenvalue weighted by Crippen LogP contribution is -2.47. The Balaban J connectivity index is 1.81. The van der Waals surface area contributed by atoms with E-state index in [4.69, 9.17) is 18.9 Å². The molecule has 1 fully saturated rings. The van der Waals surface area contributed by atoms with Crippen molar-refractivity contribution in [1.82, 2.24) is 4.98 Å². The van der Waals surface area contributed by atoms with Crippen LogP contribution >= 0.6 is 22.6 Å². The number of pyridine rings is 1. The van der Waals surface area contributed by atoms with Gasteiger partial charge in [-0.3, -0.25) is 4.98 Å². The number of hydrogen-bond acceptors (Lipinski definition) is 4. The summed E-state index contributed by atoms with van der Waals surface area (Å²) in [5.74, 6) is -1.29. The Hall–Kier alpha value is -1.08. The molecule has 1 saturated heterocycles. The monoisotopic (exact) mass is 733 g/mol. The van der Waals surface area contributed by atoms with E-state index in [0.29, 0.717) is 25.2 Å². The zero-order valence-corrected chi connectivity index (χ0v) is 29.8. The van der Waals surface area contributed by atoms with E-state index in [-0.39, 0.29) is 26.4 Å². The Morgan fingerprint density at radius 1 is 1.12 bits per heavy atom. The van der Waals surface area contributed by atoms with Crippen LogP contribution in [0.4, 0.5) is 17.6 Å². The van der Waals surface area contributed by atoms with E-state index in [2.05, 4.69) is 84.2 Å². The van der Waals surface area contributed by atoms with Crippen LogP contribution in [0.5, 0.6) is 0 Å². The van der Waals surface area contributed by atoms with Crippen LogP contribution in [-0.4, -0.2) is 30.4 Å². The first kappa shape index (κ1) is 33.3. The fourth-order valence-corrected chi connectivity index (χ4v) is 8.98. The molecule has 238 valence electrons. The van der Waals surface area contributed by atoms with E-state index in [9.17, 15) is 13.2 Å². The number of aromatic nitrogens is 1. The summed E-state index contributed by atoms with van der Waals surface area (Å²) >= 11 is 2.39. The highest BCUT2D eigenvalue weighted by Gasteiger charge is 2.57. The first-order valence-corrected chi connectivity index (χ1v) is 19.3. The molecule has 1 spiro atoms. The molecule has 3 aliphatic rings. The Morgan fingerprint density at radius 3 is 2.35 bits per heavy atom. The van der Waals surface area contributed by atoms with Crippen molar-refractivity contribution in [2.75, 3.05) is 13.2 Å². The molecule has 0 bridgehead atoms. The van der Waals surface area contributed by atoms with Crippen LogP contribution < -0.4 is 0 Å². The zero-order chi connectivity index (χ0) is 31.9. The SMILES string of the molecule is CC(C)c1nc2c(c3c1[C@H](c1ccc(C(F)(F)F)c(F)c1)OC31CCOCC1I)[C@@H](O[Si](C)(C)C(C)(C)C)CC(C)(C)C2. The van der Waals surface area contributed by atoms with E-state index in [0.717, 1.165) is 53.1 Å². The van der Waals surface area contributed by atoms with E-state index >= 15 is 4.39 Å². The molecule has 0 saturated carbocycles. The molecule has 2 aromatic rings. The summed E-state index contributed by atoms with van der Waals surface area (Å²) in [5, 5.41) is -0.0117. The number of rotatable bonds is 4. The summed E-state index contributed by atoms with van der Waals surface area (Å²) in [6.07, 6.45) is -3.57. The van der Waals surface area contributed by atoms with E-state index in [1.54, 1.807) is 0 Å². The molecule has 1 aliphatic carbocycles. The Kier molecular flexibility index (Phi) is 8.53. The second-order valence-electron chi connectivity index (χ2n) is 15.1. The highest BCUT2D eigenvalue weighted by molar-refractivity contribution is 14.1. The quantitative estimate of drug-likeness (QED) is 0.136. The highest BCUT2D eigenvalue weighted by Crippen LogP contribution is 2.60. The number of hydrogen-bond donors (Lipinski definition) is 0. The maximum Gasteiger partial charge on any atom is 0.419 e. The third kappa shape index (κ3) is 5.85. The van der Waals surface area contributed by atoms with Crippen molar-refractivity contribution < 1.29 is 31.5 Å². The van der Waals surface area contributed by atoms with Crippen LogP contribution in [0.25, 0.3) is 0 Å². The molecule has 4 atom stereocenters. The van der Waals surface area contributed by atoms with Crippen LogP contribution in [0, 0.1) is 11.2 Å². The molecule has 1 aromatic carbocycles. The molecule has 0 N–H and O–H groups in total. The van der Waals surface area contributed by atoms with Crippen LogP contribution in [0.3, 0.4) is 0 Å². The molecule has 3 heterocycles. The first-order chi connectivity index (χ1) is 19.7. The van der Waals surface area contributed by atoms with Gasteiger partial charge in [0.05, 0.1) is 22.2 Å². The normalized spacial score (nSPS) is 27.5. The maximum atomic E-state index is 15.0. The molecule has 43 heavy (non-hydrogen) atoms. The number of ether oxygens (including phenoxy) is 2. The predicted molar refractivity (Wildman–Crippen MR) is 171 cm³/mol. The number of benzene rings is 1. The summed E-state index contributed by atoms with van der Waals surface area (Å²) in [6.45, 7) is 20.9.